The Morgan fingerprint density at radius 3 is 2.22 bits per heavy atom. The number of fused-ring (bicyclic) bond motifs is 3. The number of aliphatic hydroxyl groups excluding tert-OH is 1. The summed E-state index contributed by atoms with van der Waals surface area (Å²) in [5, 5.41) is 23.5. The van der Waals surface area contributed by atoms with Crippen molar-refractivity contribution in [3.05, 3.63) is 47.6 Å². The fraction of sp³-hybridized carbons (Fsp3) is 0.755. The van der Waals surface area contributed by atoms with Crippen LogP contribution in [0.3, 0.4) is 0 Å². The topological polar surface area (TPSA) is 201 Å². The second-order valence-electron chi connectivity index (χ2n) is 20.9. The molecule has 3 unspecified atom stereocenters. The summed E-state index contributed by atoms with van der Waals surface area (Å²) < 4.78 is 48.2. The number of Topliss-reactive ketones (excluding diaryl/α,β-unsaturated/α-hetero) is 3. The summed E-state index contributed by atoms with van der Waals surface area (Å²) in [7, 11) is 1.76. The predicted octanol–water partition coefficient (Wildman–Crippen LogP) is 7.74. The maximum absolute atomic E-state index is 14.5. The van der Waals surface area contributed by atoms with Gasteiger partial charge in [-0.25, -0.2) is 4.79 Å². The summed E-state index contributed by atoms with van der Waals surface area (Å²) in [6, 6.07) is -1.16. The van der Waals surface area contributed by atoms with Gasteiger partial charge >= 0.3 is 5.97 Å². The van der Waals surface area contributed by atoms with E-state index >= 15 is 0 Å². The molecule has 3 heterocycles. The molecule has 3 fully saturated rings. The lowest BCUT2D eigenvalue weighted by Gasteiger charge is -2.42. The normalized spacial score (nSPS) is 38.6. The molecule has 15 nitrogen and oxygen atoms in total. The van der Waals surface area contributed by atoms with Crippen LogP contribution in [0.15, 0.2) is 47.6 Å². The van der Waals surface area contributed by atoms with Gasteiger partial charge in [-0.15, -0.1) is 0 Å². The lowest BCUT2D eigenvalue weighted by atomic mass is 9.78. The fourth-order valence-electron chi connectivity index (χ4n) is 10.5. The van der Waals surface area contributed by atoms with E-state index in [0.717, 1.165) is 12.0 Å². The summed E-state index contributed by atoms with van der Waals surface area (Å²) in [6.45, 7) is 15.9. The molecule has 1 amide bonds. The number of aliphatic hydroxyl groups is 2. The number of carbonyl (C=O) groups is 5. The third-order valence-electron chi connectivity index (χ3n) is 14.8. The zero-order valence-corrected chi connectivity index (χ0v) is 44.3. The van der Waals surface area contributed by atoms with Crippen molar-refractivity contribution < 1.29 is 67.0 Å². The standard InChI is InChI=1S/C53H84NO14P/c1-32-18-14-13-15-19-33(2)44(63-8)30-40-23-21-38(7)53(61,67-40)50(58)51(59)54-25-17-16-20-41(54)52(60)66-45(35(4)28-39-22-24-43(46(29-39)64-9)68-69(11,12)62)31-42(55)34(3)27-37(6)48(57)49(65-10)47(56)36(5)26-32/h13-15,18-19,27,32,34-36,38-41,43-46,48-49,57,61H,16-17,20-26,28-31H2,1-12H3/b15-13+,18-14?,33-19-,37-27+/t32-,34-,35-,36-,38-,39+,40+,41+,43-,44?,45?,46-,48-,49?,53-/m1/s1. The number of hydrogen-bond acceptors (Lipinski definition) is 14. The van der Waals surface area contributed by atoms with E-state index < -0.39 is 85.1 Å². The molecule has 3 aliphatic heterocycles. The van der Waals surface area contributed by atoms with Crippen molar-refractivity contribution in [2.75, 3.05) is 41.2 Å². The van der Waals surface area contributed by atoms with Crippen LogP contribution >= 0.6 is 7.37 Å². The van der Waals surface area contributed by atoms with Gasteiger partial charge in [-0.3, -0.25) is 23.7 Å². The Bertz CT molecular complexity index is 1940. The molecule has 0 aromatic carbocycles. The lowest BCUT2D eigenvalue weighted by Crippen LogP contribution is -2.61. The number of rotatable bonds is 8. The predicted molar refractivity (Wildman–Crippen MR) is 263 cm³/mol. The maximum atomic E-state index is 14.5. The van der Waals surface area contributed by atoms with E-state index in [4.69, 9.17) is 28.2 Å². The number of carbonyl (C=O) groups excluding carboxylic acids is 5. The molecule has 2 N–H and O–H groups in total. The van der Waals surface area contributed by atoms with Crippen molar-refractivity contribution >= 4 is 36.6 Å². The van der Waals surface area contributed by atoms with E-state index in [0.29, 0.717) is 63.4 Å². The fourth-order valence-corrected chi connectivity index (χ4v) is 11.4. The van der Waals surface area contributed by atoms with E-state index in [-0.39, 0.29) is 60.9 Å². The summed E-state index contributed by atoms with van der Waals surface area (Å²) in [6.07, 6.45) is 11.4. The molecule has 1 aliphatic carbocycles. The highest BCUT2D eigenvalue weighted by Crippen LogP contribution is 2.45. The monoisotopic (exact) mass is 990 g/mol. The van der Waals surface area contributed by atoms with Crippen LogP contribution in [0.4, 0.5) is 0 Å². The van der Waals surface area contributed by atoms with E-state index in [9.17, 15) is 38.8 Å². The van der Waals surface area contributed by atoms with E-state index in [1.165, 1.54) is 12.0 Å². The van der Waals surface area contributed by atoms with Crippen molar-refractivity contribution in [1.29, 1.82) is 0 Å². The molecule has 0 aromatic heterocycles. The van der Waals surface area contributed by atoms with Gasteiger partial charge in [-0.05, 0) is 107 Å². The van der Waals surface area contributed by atoms with Gasteiger partial charge in [0.1, 0.15) is 30.1 Å². The first-order chi connectivity index (χ1) is 32.4. The molecule has 1 saturated carbocycles. The zero-order valence-electron chi connectivity index (χ0n) is 43.4. The van der Waals surface area contributed by atoms with Gasteiger partial charge in [0.2, 0.25) is 5.79 Å². The molecule has 4 aliphatic rings. The smallest absolute Gasteiger partial charge is 0.329 e. The Labute approximate surface area is 411 Å². The minimum atomic E-state index is -2.79. The van der Waals surface area contributed by atoms with Crippen molar-refractivity contribution in [2.45, 2.75) is 180 Å². The summed E-state index contributed by atoms with van der Waals surface area (Å²) >= 11 is 0. The average Bonchev–Trinajstić information content (AvgIpc) is 3.30. The zero-order chi connectivity index (χ0) is 51.4. The summed E-state index contributed by atoms with van der Waals surface area (Å²) in [4.78, 5) is 72.2. The molecule has 2 bridgehead atoms. The van der Waals surface area contributed by atoms with Crippen LogP contribution in [-0.4, -0.2) is 140 Å². The molecule has 0 aromatic rings. The summed E-state index contributed by atoms with van der Waals surface area (Å²) in [5.74, 6) is -8.11. The highest BCUT2D eigenvalue weighted by atomic mass is 31.2. The summed E-state index contributed by atoms with van der Waals surface area (Å²) in [5.41, 5.74) is 1.25. The number of ether oxygens (including phenoxy) is 5. The van der Waals surface area contributed by atoms with Crippen molar-refractivity contribution in [3.63, 3.8) is 0 Å². The van der Waals surface area contributed by atoms with Gasteiger partial charge in [0.25, 0.3) is 11.7 Å². The third-order valence-corrected chi connectivity index (χ3v) is 15.6. The van der Waals surface area contributed by atoms with Crippen LogP contribution in [0.1, 0.15) is 126 Å². The number of cyclic esters (lactones) is 1. The van der Waals surface area contributed by atoms with Crippen LogP contribution in [-0.2, 0) is 56.7 Å². The van der Waals surface area contributed by atoms with E-state index in [1.54, 1.807) is 54.4 Å². The van der Waals surface area contributed by atoms with Gasteiger partial charge in [0, 0.05) is 71.8 Å². The number of amides is 1. The Balaban J connectivity index is 1.70. The van der Waals surface area contributed by atoms with Crippen LogP contribution < -0.4 is 0 Å². The first kappa shape index (κ1) is 58.4. The Morgan fingerprint density at radius 2 is 1.57 bits per heavy atom. The van der Waals surface area contributed by atoms with Gasteiger partial charge in [0.15, 0.2) is 13.2 Å². The average molecular weight is 990 g/mol. The second-order valence-corrected chi connectivity index (χ2v) is 23.6. The van der Waals surface area contributed by atoms with Crippen LogP contribution in [0.5, 0.6) is 0 Å². The molecule has 2 saturated heterocycles. The number of ketones is 3. The van der Waals surface area contributed by atoms with E-state index in [1.807, 2.05) is 58.1 Å². The highest BCUT2D eigenvalue weighted by molar-refractivity contribution is 7.57. The first-order valence-electron chi connectivity index (χ1n) is 25.2. The Morgan fingerprint density at radius 1 is 0.855 bits per heavy atom. The van der Waals surface area contributed by atoms with Crippen molar-refractivity contribution in [2.24, 2.45) is 35.5 Å². The lowest BCUT2D eigenvalue weighted by molar-refractivity contribution is -0.265. The minimum Gasteiger partial charge on any atom is -0.460 e. The molecule has 16 heteroatoms. The number of piperidine rings is 1. The number of esters is 1. The molecule has 390 valence electrons. The number of nitrogens with zero attached hydrogens (tertiary/aromatic N) is 1. The van der Waals surface area contributed by atoms with Crippen LogP contribution in [0.25, 0.3) is 0 Å². The molecule has 69 heavy (non-hydrogen) atoms. The quantitative estimate of drug-likeness (QED) is 0.104. The highest BCUT2D eigenvalue weighted by Gasteiger charge is 2.53. The van der Waals surface area contributed by atoms with E-state index in [2.05, 4.69) is 0 Å². The van der Waals surface area contributed by atoms with Gasteiger partial charge in [-0.2, -0.15) is 0 Å². The molecule has 4 rings (SSSR count). The number of allylic oxidation sites excluding steroid dienone is 6. The molecular formula is C53H84NO14P. The van der Waals surface area contributed by atoms with Crippen molar-refractivity contribution in [3.8, 4) is 0 Å². The maximum Gasteiger partial charge on any atom is 0.329 e. The Kier molecular flexibility index (Phi) is 22.5. The number of hydrogen-bond donors (Lipinski definition) is 2. The molecule has 0 spiro atoms. The van der Waals surface area contributed by atoms with Crippen LogP contribution in [0, 0.1) is 35.5 Å². The van der Waals surface area contributed by atoms with Gasteiger partial charge in [0.05, 0.1) is 24.4 Å². The van der Waals surface area contributed by atoms with Gasteiger partial charge in [-0.1, -0.05) is 71.1 Å². The second kappa shape index (κ2) is 26.5. The largest absolute Gasteiger partial charge is 0.460 e. The third kappa shape index (κ3) is 16.2. The first-order valence-corrected chi connectivity index (χ1v) is 27.7. The molecule has 0 radical (unpaired) electrons. The minimum absolute atomic E-state index is 0.0117. The van der Waals surface area contributed by atoms with Crippen molar-refractivity contribution in [1.82, 2.24) is 4.90 Å². The number of methoxy groups -OCH3 is 3. The molecule has 15 atom stereocenters. The molecular weight excluding hydrogens is 906 g/mol. The van der Waals surface area contributed by atoms with Crippen LogP contribution in [0.2, 0.25) is 0 Å². The Hall–Kier alpha value is -3.14. The SMILES string of the molecule is COC1C[C@@H]2CC[C@@H](C)[C@@](O)(O2)C(=O)C(=O)N2CCCC[C@H]2C(=O)OC([C@H](C)C[C@@H]2CC[C@@H](OP(C)(C)=O)[C@H](OC)C2)CC(=O)[C@H](C)/C=C(\C)[C@@H](O)C(OC)C(=O)[C@H](C)C[C@H](C)C=C/C=C/C=C\1C. The van der Waals surface area contributed by atoms with Gasteiger partial charge < -0.3 is 43.3 Å².